The molecule has 0 fully saturated rings. The van der Waals surface area contributed by atoms with E-state index in [1.165, 1.54) is 12.1 Å². The molecule has 0 aliphatic rings. The van der Waals surface area contributed by atoms with Gasteiger partial charge in [-0.1, -0.05) is 0 Å². The molecule has 0 amide bonds. The Kier molecular flexibility index (Phi) is 1.54. The summed E-state index contributed by atoms with van der Waals surface area (Å²) in [5.74, 6) is -0.197. The Bertz CT molecular complexity index is 423. The molecule has 0 spiro atoms. The van der Waals surface area contributed by atoms with Crippen LogP contribution in [-0.4, -0.2) is 4.98 Å². The van der Waals surface area contributed by atoms with E-state index in [0.717, 1.165) is 16.3 Å². The molecule has 2 heteroatoms. The van der Waals surface area contributed by atoms with Crippen LogP contribution in [0.15, 0.2) is 30.6 Å². The molecule has 2 aromatic rings. The smallest absolute Gasteiger partial charge is 0.123 e. The van der Waals surface area contributed by atoms with E-state index in [-0.39, 0.29) is 5.82 Å². The molecule has 60 valence electrons. The second kappa shape index (κ2) is 2.55. The number of aryl methyl sites for hydroxylation is 1. The third-order valence-electron chi connectivity index (χ3n) is 1.92. The summed E-state index contributed by atoms with van der Waals surface area (Å²) in [6.07, 6.45) is 3.48. The van der Waals surface area contributed by atoms with Gasteiger partial charge >= 0.3 is 0 Å². The summed E-state index contributed by atoms with van der Waals surface area (Å²) in [6, 6.07) is 4.72. The Labute approximate surface area is 69.9 Å². The van der Waals surface area contributed by atoms with Crippen molar-refractivity contribution in [2.75, 3.05) is 0 Å². The van der Waals surface area contributed by atoms with E-state index in [2.05, 4.69) is 4.98 Å². The lowest BCUT2D eigenvalue weighted by molar-refractivity contribution is 0.629. The van der Waals surface area contributed by atoms with Gasteiger partial charge < -0.3 is 0 Å². The van der Waals surface area contributed by atoms with Crippen LogP contribution in [0.5, 0.6) is 0 Å². The molecule has 0 atom stereocenters. The maximum absolute atomic E-state index is 12.8. The average Bonchev–Trinajstić information content (AvgIpc) is 2.07. The third-order valence-corrected chi connectivity index (χ3v) is 1.92. The SMILES string of the molecule is Cc1cncc2ccc(F)cc12. The highest BCUT2D eigenvalue weighted by Crippen LogP contribution is 2.17. The van der Waals surface area contributed by atoms with Gasteiger partial charge in [-0.25, -0.2) is 4.39 Å². The molecule has 0 N–H and O–H groups in total. The molecular formula is C10H8FN. The van der Waals surface area contributed by atoms with Crippen LogP contribution < -0.4 is 0 Å². The molecule has 0 saturated heterocycles. The lowest BCUT2D eigenvalue weighted by Gasteiger charge is -1.99. The fraction of sp³-hybridized carbons (Fsp3) is 0.100. The van der Waals surface area contributed by atoms with Crippen LogP contribution in [0.25, 0.3) is 10.8 Å². The second-order valence-corrected chi connectivity index (χ2v) is 2.82. The molecule has 0 aliphatic carbocycles. The van der Waals surface area contributed by atoms with E-state index >= 15 is 0 Å². The van der Waals surface area contributed by atoms with Gasteiger partial charge in [0, 0.05) is 17.8 Å². The minimum absolute atomic E-state index is 0.197. The molecule has 0 radical (unpaired) electrons. The van der Waals surface area contributed by atoms with Crippen molar-refractivity contribution in [1.29, 1.82) is 0 Å². The van der Waals surface area contributed by atoms with E-state index in [4.69, 9.17) is 0 Å². The average molecular weight is 161 g/mol. The van der Waals surface area contributed by atoms with Crippen LogP contribution >= 0.6 is 0 Å². The predicted molar refractivity (Wildman–Crippen MR) is 46.4 cm³/mol. The standard InChI is InChI=1S/C10H8FN/c1-7-5-12-6-8-2-3-9(11)4-10(7)8/h2-6H,1H3. The topological polar surface area (TPSA) is 12.9 Å². The molecular weight excluding hydrogens is 153 g/mol. The zero-order valence-electron chi connectivity index (χ0n) is 6.71. The highest BCUT2D eigenvalue weighted by atomic mass is 19.1. The number of hydrogen-bond acceptors (Lipinski definition) is 1. The van der Waals surface area contributed by atoms with E-state index in [1.807, 2.05) is 6.92 Å². The monoisotopic (exact) mass is 161 g/mol. The third kappa shape index (κ3) is 1.05. The van der Waals surface area contributed by atoms with Crippen molar-refractivity contribution >= 4 is 10.8 Å². The van der Waals surface area contributed by atoms with Crippen molar-refractivity contribution < 1.29 is 4.39 Å². The van der Waals surface area contributed by atoms with E-state index in [9.17, 15) is 4.39 Å². The first kappa shape index (κ1) is 7.22. The molecule has 1 heterocycles. The number of halogens is 1. The van der Waals surface area contributed by atoms with Crippen molar-refractivity contribution in [1.82, 2.24) is 4.98 Å². The molecule has 0 bridgehead atoms. The number of benzene rings is 1. The lowest BCUT2D eigenvalue weighted by Crippen LogP contribution is -1.82. The number of rotatable bonds is 0. The predicted octanol–water partition coefficient (Wildman–Crippen LogP) is 2.68. The Morgan fingerprint density at radius 2 is 2.08 bits per heavy atom. The number of pyridine rings is 1. The molecule has 12 heavy (non-hydrogen) atoms. The summed E-state index contributed by atoms with van der Waals surface area (Å²) in [5, 5.41) is 1.92. The Morgan fingerprint density at radius 3 is 2.92 bits per heavy atom. The van der Waals surface area contributed by atoms with Gasteiger partial charge in [0.2, 0.25) is 0 Å². The van der Waals surface area contributed by atoms with E-state index in [0.29, 0.717) is 0 Å². The molecule has 2 rings (SSSR count). The highest BCUT2D eigenvalue weighted by Gasteiger charge is 1.97. The summed E-state index contributed by atoms with van der Waals surface area (Å²) >= 11 is 0. The summed E-state index contributed by atoms with van der Waals surface area (Å²) in [7, 11) is 0. The van der Waals surface area contributed by atoms with Gasteiger partial charge in [-0.2, -0.15) is 0 Å². The molecule has 0 aliphatic heterocycles. The first-order chi connectivity index (χ1) is 5.77. The molecule has 0 saturated carbocycles. The van der Waals surface area contributed by atoms with Crippen LogP contribution in [0.4, 0.5) is 4.39 Å². The summed E-state index contributed by atoms with van der Waals surface area (Å²) in [6.45, 7) is 1.93. The van der Waals surface area contributed by atoms with Gasteiger partial charge in [-0.3, -0.25) is 4.98 Å². The Hall–Kier alpha value is -1.44. The summed E-state index contributed by atoms with van der Waals surface area (Å²) < 4.78 is 12.8. The fourth-order valence-corrected chi connectivity index (χ4v) is 1.28. The van der Waals surface area contributed by atoms with E-state index < -0.39 is 0 Å². The maximum Gasteiger partial charge on any atom is 0.123 e. The first-order valence-corrected chi connectivity index (χ1v) is 3.77. The van der Waals surface area contributed by atoms with Crippen molar-refractivity contribution in [3.63, 3.8) is 0 Å². The second-order valence-electron chi connectivity index (χ2n) is 2.82. The van der Waals surface area contributed by atoms with Crippen molar-refractivity contribution in [3.05, 3.63) is 42.0 Å². The van der Waals surface area contributed by atoms with Gasteiger partial charge in [0.1, 0.15) is 5.82 Å². The minimum Gasteiger partial charge on any atom is -0.264 e. The largest absolute Gasteiger partial charge is 0.264 e. The fourth-order valence-electron chi connectivity index (χ4n) is 1.28. The summed E-state index contributed by atoms with van der Waals surface area (Å²) in [4.78, 5) is 4.02. The zero-order chi connectivity index (χ0) is 8.55. The molecule has 1 aromatic heterocycles. The molecule has 1 nitrogen and oxygen atoms in total. The van der Waals surface area contributed by atoms with Gasteiger partial charge in [-0.05, 0) is 36.1 Å². The highest BCUT2D eigenvalue weighted by molar-refractivity contribution is 5.84. The van der Waals surface area contributed by atoms with Crippen LogP contribution in [0.2, 0.25) is 0 Å². The Morgan fingerprint density at radius 1 is 1.25 bits per heavy atom. The van der Waals surface area contributed by atoms with Crippen LogP contribution in [0.1, 0.15) is 5.56 Å². The quantitative estimate of drug-likeness (QED) is 0.578. The van der Waals surface area contributed by atoms with Crippen LogP contribution in [0.3, 0.4) is 0 Å². The number of fused-ring (bicyclic) bond motifs is 1. The van der Waals surface area contributed by atoms with Crippen LogP contribution in [-0.2, 0) is 0 Å². The summed E-state index contributed by atoms with van der Waals surface area (Å²) in [5.41, 5.74) is 1.01. The molecule has 1 aromatic carbocycles. The lowest BCUT2D eigenvalue weighted by atomic mass is 10.1. The first-order valence-electron chi connectivity index (χ1n) is 3.77. The minimum atomic E-state index is -0.197. The van der Waals surface area contributed by atoms with Gasteiger partial charge in [0.25, 0.3) is 0 Å². The zero-order valence-corrected chi connectivity index (χ0v) is 6.71. The van der Waals surface area contributed by atoms with Crippen molar-refractivity contribution in [3.8, 4) is 0 Å². The van der Waals surface area contributed by atoms with Gasteiger partial charge in [0.05, 0.1) is 0 Å². The number of aromatic nitrogens is 1. The Balaban J connectivity index is 2.88. The van der Waals surface area contributed by atoms with Crippen molar-refractivity contribution in [2.45, 2.75) is 6.92 Å². The maximum atomic E-state index is 12.8. The molecule has 0 unspecified atom stereocenters. The van der Waals surface area contributed by atoms with E-state index in [1.54, 1.807) is 18.5 Å². The number of nitrogens with zero attached hydrogens (tertiary/aromatic N) is 1. The van der Waals surface area contributed by atoms with Crippen LogP contribution in [0, 0.1) is 12.7 Å². The van der Waals surface area contributed by atoms with Gasteiger partial charge in [0.15, 0.2) is 0 Å². The number of hydrogen-bond donors (Lipinski definition) is 0. The van der Waals surface area contributed by atoms with Gasteiger partial charge in [-0.15, -0.1) is 0 Å². The van der Waals surface area contributed by atoms with Crippen molar-refractivity contribution in [2.24, 2.45) is 0 Å². The normalized spacial score (nSPS) is 10.5.